The maximum Gasteiger partial charge on any atom is 0.282 e. The number of para-hydroxylation sites is 1. The van der Waals surface area contributed by atoms with Crippen LogP contribution in [0, 0.1) is 17.8 Å². The van der Waals surface area contributed by atoms with Crippen LogP contribution in [0.1, 0.15) is 58.1 Å². The Hall–Kier alpha value is -4.63. The van der Waals surface area contributed by atoms with Crippen molar-refractivity contribution in [1.29, 1.82) is 0 Å². The second-order valence-corrected chi connectivity index (χ2v) is 16.0. The molecule has 1 unspecified atom stereocenters. The largest absolute Gasteiger partial charge is 0.347 e. The monoisotopic (exact) mass is 707 g/mol. The molecule has 3 fully saturated rings. The number of H-pyrrole nitrogens is 1. The standard InChI is InChI=1S/C38H45N9O5/c1-20(2)18-36(39)34(49)45-15-9-14-30(45)38(51)47(36)35(50)37(52-38,21(3)4)41-33(48)22-16-24-23-10-8-12-27-31(23)25(17-29(24)44(5)19-22)32(40-27)46-28-13-7-6-11-26(28)42-43-46/h6-8,10-13,16,20-22,29-30,40,51H,9,14-15,17-19,39H2,1-5H3,(H,41,48)/t22-,29?,30+,36+,37-,38+/m1/s1. The quantitative estimate of drug-likeness (QED) is 0.235. The van der Waals surface area contributed by atoms with E-state index in [0.717, 1.165) is 49.4 Å². The highest BCUT2D eigenvalue weighted by Crippen LogP contribution is 2.51. The summed E-state index contributed by atoms with van der Waals surface area (Å²) in [4.78, 5) is 51.6. The fourth-order valence-electron chi connectivity index (χ4n) is 9.63. The highest BCUT2D eigenvalue weighted by atomic mass is 16.7. The minimum Gasteiger partial charge on any atom is -0.347 e. The predicted molar refractivity (Wildman–Crippen MR) is 192 cm³/mol. The highest BCUT2D eigenvalue weighted by Gasteiger charge is 2.75. The van der Waals surface area contributed by atoms with Crippen LogP contribution in [0.2, 0.25) is 0 Å². The Morgan fingerprint density at radius 2 is 1.92 bits per heavy atom. The van der Waals surface area contributed by atoms with Crippen molar-refractivity contribution in [2.45, 2.75) is 82.8 Å². The summed E-state index contributed by atoms with van der Waals surface area (Å²) in [7, 11) is 2.01. The molecule has 4 aromatic rings. The smallest absolute Gasteiger partial charge is 0.282 e. The fraction of sp³-hybridized carbons (Fsp3) is 0.500. The van der Waals surface area contributed by atoms with Gasteiger partial charge in [-0.15, -0.1) is 5.10 Å². The number of rotatable bonds is 6. The first-order valence-electron chi connectivity index (χ1n) is 18.3. The minimum absolute atomic E-state index is 0.0159. The van der Waals surface area contributed by atoms with Gasteiger partial charge in [-0.2, -0.15) is 4.68 Å². The molecular weight excluding hydrogens is 662 g/mol. The molecule has 52 heavy (non-hydrogen) atoms. The van der Waals surface area contributed by atoms with E-state index < -0.39 is 52.9 Å². The Bertz CT molecular complexity index is 2210. The molecule has 0 saturated carbocycles. The molecule has 0 radical (unpaired) electrons. The lowest BCUT2D eigenvalue weighted by Crippen LogP contribution is -2.80. The first-order chi connectivity index (χ1) is 24.8. The second-order valence-electron chi connectivity index (χ2n) is 16.0. The topological polar surface area (TPSA) is 175 Å². The Kier molecular flexibility index (Phi) is 7.15. The minimum atomic E-state index is -2.20. The molecule has 9 rings (SSSR count). The van der Waals surface area contributed by atoms with Crippen molar-refractivity contribution in [3.8, 4) is 5.82 Å². The van der Waals surface area contributed by atoms with Gasteiger partial charge in [-0.3, -0.25) is 28.9 Å². The van der Waals surface area contributed by atoms with Crippen LogP contribution in [0.15, 0.2) is 48.5 Å². The van der Waals surface area contributed by atoms with Crippen molar-refractivity contribution in [2.24, 2.45) is 23.5 Å². The van der Waals surface area contributed by atoms with E-state index in [-0.39, 0.29) is 18.4 Å². The van der Waals surface area contributed by atoms with Gasteiger partial charge >= 0.3 is 0 Å². The van der Waals surface area contributed by atoms with Crippen molar-refractivity contribution < 1.29 is 24.2 Å². The van der Waals surface area contributed by atoms with Crippen molar-refractivity contribution in [1.82, 2.24) is 40.0 Å². The van der Waals surface area contributed by atoms with Crippen molar-refractivity contribution in [3.05, 3.63) is 59.7 Å². The number of fused-ring (bicyclic) bond motifs is 6. The Morgan fingerprint density at radius 1 is 1.13 bits per heavy atom. The number of nitrogens with one attached hydrogen (secondary N) is 2. The molecule has 14 nitrogen and oxygen atoms in total. The van der Waals surface area contributed by atoms with Gasteiger partial charge in [0.1, 0.15) is 17.4 Å². The summed E-state index contributed by atoms with van der Waals surface area (Å²) in [5.41, 5.74) is 8.96. The number of nitrogens with zero attached hydrogens (tertiary/aromatic N) is 6. The van der Waals surface area contributed by atoms with Gasteiger partial charge in [0, 0.05) is 41.5 Å². The number of hydrogen-bond acceptors (Lipinski definition) is 9. The van der Waals surface area contributed by atoms with Crippen LogP contribution < -0.4 is 11.1 Å². The SMILES string of the molecule is CC(C)C[C@@]1(N)C(=O)N2CCC[C@H]2[C@]2(O)O[C@](NC(=O)[C@@H]3C=C4c5cccc6[nH]c(-n7nnc8ccccc87)c(c56)CC4N(C)C3)(C(C)C)C(=O)N12. The molecule has 3 amide bonds. The average Bonchev–Trinajstić information content (AvgIpc) is 3.88. The van der Waals surface area contributed by atoms with E-state index in [9.17, 15) is 19.5 Å². The third-order valence-corrected chi connectivity index (χ3v) is 12.0. The molecule has 0 bridgehead atoms. The summed E-state index contributed by atoms with van der Waals surface area (Å²) in [6.45, 7) is 8.15. The Balaban J connectivity index is 1.09. The number of ether oxygens (including phenoxy) is 1. The molecule has 5 N–H and O–H groups in total. The van der Waals surface area contributed by atoms with Gasteiger partial charge < -0.3 is 26.0 Å². The van der Waals surface area contributed by atoms with E-state index >= 15 is 0 Å². The van der Waals surface area contributed by atoms with Gasteiger partial charge in [0.2, 0.25) is 11.6 Å². The van der Waals surface area contributed by atoms with Crippen LogP contribution in [-0.4, -0.2) is 107 Å². The van der Waals surface area contributed by atoms with Gasteiger partial charge in [-0.05, 0) is 68.0 Å². The van der Waals surface area contributed by atoms with Crippen LogP contribution >= 0.6 is 0 Å². The molecule has 2 aromatic heterocycles. The van der Waals surface area contributed by atoms with E-state index in [2.05, 4.69) is 31.6 Å². The van der Waals surface area contributed by atoms with E-state index in [1.165, 1.54) is 0 Å². The fourth-order valence-corrected chi connectivity index (χ4v) is 9.63. The second kappa shape index (κ2) is 11.2. The molecule has 2 aromatic carbocycles. The van der Waals surface area contributed by atoms with Crippen LogP contribution in [0.4, 0.5) is 0 Å². The molecule has 6 atom stereocenters. The predicted octanol–water partition coefficient (Wildman–Crippen LogP) is 2.45. The number of benzene rings is 2. The molecule has 4 aliphatic heterocycles. The molecule has 5 aliphatic rings. The normalized spacial score (nSPS) is 31.5. The van der Waals surface area contributed by atoms with Crippen molar-refractivity contribution in [2.75, 3.05) is 20.1 Å². The summed E-state index contributed by atoms with van der Waals surface area (Å²) in [6.07, 6.45) is 3.90. The molecule has 272 valence electrons. The zero-order valence-corrected chi connectivity index (χ0v) is 30.1. The first kappa shape index (κ1) is 33.2. The van der Waals surface area contributed by atoms with E-state index in [1.807, 2.05) is 68.1 Å². The van der Waals surface area contributed by atoms with Crippen LogP contribution in [0.5, 0.6) is 0 Å². The molecule has 0 spiro atoms. The van der Waals surface area contributed by atoms with Gasteiger partial charge in [0.25, 0.3) is 17.7 Å². The lowest BCUT2D eigenvalue weighted by atomic mass is 9.79. The van der Waals surface area contributed by atoms with Crippen LogP contribution in [-0.2, 0) is 25.5 Å². The lowest BCUT2D eigenvalue weighted by molar-refractivity contribution is -0.332. The van der Waals surface area contributed by atoms with E-state index in [0.29, 0.717) is 32.4 Å². The number of likely N-dealkylation sites (N-methyl/N-ethyl adjacent to an activating group) is 1. The van der Waals surface area contributed by atoms with Gasteiger partial charge in [0.05, 0.1) is 11.4 Å². The number of hydrogen-bond donors (Lipinski definition) is 4. The maximum absolute atomic E-state index is 14.7. The third kappa shape index (κ3) is 4.35. The summed E-state index contributed by atoms with van der Waals surface area (Å²) in [5, 5.41) is 25.3. The molecule has 14 heteroatoms. The Morgan fingerprint density at radius 3 is 2.69 bits per heavy atom. The summed E-state index contributed by atoms with van der Waals surface area (Å²) >= 11 is 0. The number of aromatic amines is 1. The van der Waals surface area contributed by atoms with Crippen molar-refractivity contribution >= 4 is 45.2 Å². The number of aromatic nitrogens is 4. The van der Waals surface area contributed by atoms with Gasteiger partial charge in [-0.25, -0.2) is 0 Å². The summed E-state index contributed by atoms with van der Waals surface area (Å²) in [6, 6.07) is 13.2. The molecular formula is C38H45N9O5. The number of piperazine rings is 1. The van der Waals surface area contributed by atoms with Crippen LogP contribution in [0.25, 0.3) is 33.3 Å². The molecule has 1 aliphatic carbocycles. The average molecular weight is 708 g/mol. The van der Waals surface area contributed by atoms with Gasteiger partial charge in [0.15, 0.2) is 5.66 Å². The number of amides is 3. The Labute approximate surface area is 300 Å². The molecule has 3 saturated heterocycles. The number of carbonyl (C=O) groups is 3. The zero-order valence-electron chi connectivity index (χ0n) is 30.1. The zero-order chi connectivity index (χ0) is 36.5. The van der Waals surface area contributed by atoms with Crippen molar-refractivity contribution in [3.63, 3.8) is 0 Å². The van der Waals surface area contributed by atoms with Crippen LogP contribution in [0.3, 0.4) is 0 Å². The van der Waals surface area contributed by atoms with E-state index in [4.69, 9.17) is 10.5 Å². The van der Waals surface area contributed by atoms with E-state index in [1.54, 1.807) is 18.7 Å². The highest BCUT2D eigenvalue weighted by molar-refractivity contribution is 6.03. The molecule has 6 heterocycles. The number of aliphatic hydroxyl groups is 1. The third-order valence-electron chi connectivity index (χ3n) is 12.0. The summed E-state index contributed by atoms with van der Waals surface area (Å²) in [5.74, 6) is -4.17. The number of carbonyl (C=O) groups excluding carboxylic acids is 3. The first-order valence-corrected chi connectivity index (χ1v) is 18.3. The van der Waals surface area contributed by atoms with Gasteiger partial charge in [-0.1, -0.05) is 63.2 Å². The maximum atomic E-state index is 14.7. The number of nitrogens with two attached hydrogens (primary N) is 1. The summed E-state index contributed by atoms with van der Waals surface area (Å²) < 4.78 is 8.35. The lowest BCUT2D eigenvalue weighted by Gasteiger charge is -2.53.